The third-order valence-electron chi connectivity index (χ3n) is 4.20. The Hall–Kier alpha value is -2.82. The molecule has 0 saturated heterocycles. The minimum atomic E-state index is 0.695. The number of H-pyrrole nitrogens is 1. The van der Waals surface area contributed by atoms with Crippen molar-refractivity contribution in [2.75, 3.05) is 28.4 Å². The minimum absolute atomic E-state index is 0.695. The van der Waals surface area contributed by atoms with Gasteiger partial charge in [-0.25, -0.2) is 0 Å². The smallest absolute Gasteiger partial charge is 0.162 e. The standard InChI is InChI=1S/C19H21NO4/c1-11-15-9-17(23-4)18(24-5)10-16(15)20-19(11)12-6-13(21-2)8-14(7-12)22-3/h6-10,20H,1-5H3. The van der Waals surface area contributed by atoms with Crippen LogP contribution >= 0.6 is 0 Å². The highest BCUT2D eigenvalue weighted by atomic mass is 16.5. The van der Waals surface area contributed by atoms with Crippen LogP contribution in [0.1, 0.15) is 5.56 Å². The van der Waals surface area contributed by atoms with E-state index < -0.39 is 0 Å². The molecular formula is C19H21NO4. The largest absolute Gasteiger partial charge is 0.497 e. The summed E-state index contributed by atoms with van der Waals surface area (Å²) in [6, 6.07) is 9.75. The normalized spacial score (nSPS) is 10.7. The van der Waals surface area contributed by atoms with Crippen molar-refractivity contribution in [2.45, 2.75) is 6.92 Å². The van der Waals surface area contributed by atoms with Crippen LogP contribution in [0.4, 0.5) is 0 Å². The van der Waals surface area contributed by atoms with E-state index in [1.165, 1.54) is 0 Å². The topological polar surface area (TPSA) is 52.7 Å². The highest BCUT2D eigenvalue weighted by Gasteiger charge is 2.15. The number of hydrogen-bond acceptors (Lipinski definition) is 4. The Labute approximate surface area is 141 Å². The van der Waals surface area contributed by atoms with Crippen LogP contribution in [0.3, 0.4) is 0 Å². The van der Waals surface area contributed by atoms with E-state index in [2.05, 4.69) is 11.9 Å². The van der Waals surface area contributed by atoms with Crippen LogP contribution in [-0.4, -0.2) is 33.4 Å². The van der Waals surface area contributed by atoms with Crippen molar-refractivity contribution < 1.29 is 18.9 Å². The SMILES string of the molecule is COc1cc(OC)cc(-c2[nH]c3cc(OC)c(OC)cc3c2C)c1. The number of benzene rings is 2. The maximum absolute atomic E-state index is 5.41. The fourth-order valence-electron chi connectivity index (χ4n) is 2.90. The maximum Gasteiger partial charge on any atom is 0.162 e. The van der Waals surface area contributed by atoms with E-state index >= 15 is 0 Å². The van der Waals surface area contributed by atoms with Gasteiger partial charge in [-0.3, -0.25) is 0 Å². The quantitative estimate of drug-likeness (QED) is 0.764. The Balaban J connectivity index is 2.22. The van der Waals surface area contributed by atoms with E-state index in [4.69, 9.17) is 18.9 Å². The summed E-state index contributed by atoms with van der Waals surface area (Å²) in [5.74, 6) is 2.90. The van der Waals surface area contributed by atoms with Crippen LogP contribution in [-0.2, 0) is 0 Å². The third kappa shape index (κ3) is 2.62. The van der Waals surface area contributed by atoms with E-state index in [1.807, 2.05) is 30.3 Å². The first-order valence-corrected chi connectivity index (χ1v) is 7.59. The van der Waals surface area contributed by atoms with Gasteiger partial charge in [-0.05, 0) is 30.7 Å². The fourth-order valence-corrected chi connectivity index (χ4v) is 2.90. The van der Waals surface area contributed by atoms with Crippen LogP contribution in [0.5, 0.6) is 23.0 Å². The molecule has 3 aromatic rings. The summed E-state index contributed by atoms with van der Waals surface area (Å²) in [5.41, 5.74) is 4.12. The van der Waals surface area contributed by atoms with Gasteiger partial charge in [-0.15, -0.1) is 0 Å². The van der Waals surface area contributed by atoms with Gasteiger partial charge < -0.3 is 23.9 Å². The average molecular weight is 327 g/mol. The molecule has 0 fully saturated rings. The van der Waals surface area contributed by atoms with Crippen molar-refractivity contribution in [1.82, 2.24) is 4.98 Å². The maximum atomic E-state index is 5.41. The number of methoxy groups -OCH3 is 4. The van der Waals surface area contributed by atoms with E-state index in [9.17, 15) is 0 Å². The lowest BCUT2D eigenvalue weighted by Gasteiger charge is -2.08. The van der Waals surface area contributed by atoms with Gasteiger partial charge in [-0.1, -0.05) is 0 Å². The Kier molecular flexibility index (Phi) is 4.25. The molecule has 1 aromatic heterocycles. The first-order chi connectivity index (χ1) is 11.6. The average Bonchev–Trinajstić information content (AvgIpc) is 2.95. The van der Waals surface area contributed by atoms with Gasteiger partial charge in [0.2, 0.25) is 0 Å². The molecule has 0 amide bonds. The summed E-state index contributed by atoms with van der Waals surface area (Å²) in [6.45, 7) is 2.08. The fraction of sp³-hybridized carbons (Fsp3) is 0.263. The Bertz CT molecular complexity index is 860. The summed E-state index contributed by atoms with van der Waals surface area (Å²) in [6.07, 6.45) is 0. The zero-order chi connectivity index (χ0) is 17.3. The van der Waals surface area contributed by atoms with Crippen LogP contribution in [0.2, 0.25) is 0 Å². The van der Waals surface area contributed by atoms with Crippen molar-refractivity contribution in [3.63, 3.8) is 0 Å². The molecule has 2 aromatic carbocycles. The van der Waals surface area contributed by atoms with Crippen LogP contribution in [0, 0.1) is 6.92 Å². The zero-order valence-corrected chi connectivity index (χ0v) is 14.5. The van der Waals surface area contributed by atoms with Gasteiger partial charge in [0.05, 0.1) is 34.0 Å². The molecule has 1 heterocycles. The second kappa shape index (κ2) is 6.35. The molecule has 0 aliphatic heterocycles. The lowest BCUT2D eigenvalue weighted by atomic mass is 10.1. The molecule has 24 heavy (non-hydrogen) atoms. The Morgan fingerprint density at radius 3 is 1.83 bits per heavy atom. The van der Waals surface area contributed by atoms with Gasteiger partial charge >= 0.3 is 0 Å². The minimum Gasteiger partial charge on any atom is -0.497 e. The summed E-state index contributed by atoms with van der Waals surface area (Å²) in [7, 11) is 6.56. The number of aryl methyl sites for hydroxylation is 1. The number of hydrogen-bond donors (Lipinski definition) is 1. The molecule has 0 aliphatic carbocycles. The van der Waals surface area contributed by atoms with Crippen molar-refractivity contribution >= 4 is 10.9 Å². The summed E-state index contributed by atoms with van der Waals surface area (Å²) in [5, 5.41) is 1.09. The Morgan fingerprint density at radius 2 is 1.29 bits per heavy atom. The molecule has 0 bridgehead atoms. The van der Waals surface area contributed by atoms with Gasteiger partial charge in [0, 0.05) is 28.8 Å². The first kappa shape index (κ1) is 16.1. The molecule has 0 atom stereocenters. The van der Waals surface area contributed by atoms with Gasteiger partial charge in [0.25, 0.3) is 0 Å². The molecule has 3 rings (SSSR count). The predicted octanol–water partition coefficient (Wildman–Crippen LogP) is 4.18. The lowest BCUT2D eigenvalue weighted by molar-refractivity contribution is 0.356. The van der Waals surface area contributed by atoms with E-state index in [-0.39, 0.29) is 0 Å². The summed E-state index contributed by atoms with van der Waals surface area (Å²) >= 11 is 0. The Morgan fingerprint density at radius 1 is 0.708 bits per heavy atom. The van der Waals surface area contributed by atoms with Crippen molar-refractivity contribution in [3.8, 4) is 34.3 Å². The molecule has 5 nitrogen and oxygen atoms in total. The van der Waals surface area contributed by atoms with Crippen molar-refractivity contribution in [3.05, 3.63) is 35.9 Å². The van der Waals surface area contributed by atoms with Gasteiger partial charge in [-0.2, -0.15) is 0 Å². The monoisotopic (exact) mass is 327 g/mol. The van der Waals surface area contributed by atoms with Gasteiger partial charge in [0.1, 0.15) is 11.5 Å². The number of aromatic nitrogens is 1. The number of aromatic amines is 1. The zero-order valence-electron chi connectivity index (χ0n) is 14.5. The van der Waals surface area contributed by atoms with Crippen LogP contribution in [0.15, 0.2) is 30.3 Å². The highest BCUT2D eigenvalue weighted by molar-refractivity contribution is 5.93. The summed E-state index contributed by atoms with van der Waals surface area (Å²) < 4.78 is 21.5. The molecule has 0 radical (unpaired) electrons. The number of nitrogens with one attached hydrogen (secondary N) is 1. The third-order valence-corrected chi connectivity index (χ3v) is 4.20. The second-order valence-electron chi connectivity index (χ2n) is 5.48. The van der Waals surface area contributed by atoms with E-state index in [1.54, 1.807) is 28.4 Å². The molecule has 0 aliphatic rings. The van der Waals surface area contributed by atoms with E-state index in [0.717, 1.165) is 39.2 Å². The second-order valence-corrected chi connectivity index (χ2v) is 5.48. The number of rotatable bonds is 5. The molecule has 0 unspecified atom stereocenters. The highest BCUT2D eigenvalue weighted by Crippen LogP contribution is 2.38. The molecule has 5 heteroatoms. The molecule has 1 N–H and O–H groups in total. The number of ether oxygens (including phenoxy) is 4. The lowest BCUT2D eigenvalue weighted by Crippen LogP contribution is -1.90. The van der Waals surface area contributed by atoms with Gasteiger partial charge in [0.15, 0.2) is 11.5 Å². The molecule has 0 spiro atoms. The summed E-state index contributed by atoms with van der Waals surface area (Å²) in [4.78, 5) is 3.46. The number of fused-ring (bicyclic) bond motifs is 1. The van der Waals surface area contributed by atoms with Crippen molar-refractivity contribution in [2.24, 2.45) is 0 Å². The molecule has 0 saturated carbocycles. The molecule has 126 valence electrons. The first-order valence-electron chi connectivity index (χ1n) is 7.59. The molecular weight excluding hydrogens is 306 g/mol. The van der Waals surface area contributed by atoms with Crippen LogP contribution in [0.25, 0.3) is 22.2 Å². The van der Waals surface area contributed by atoms with E-state index in [0.29, 0.717) is 11.5 Å². The van der Waals surface area contributed by atoms with Crippen LogP contribution < -0.4 is 18.9 Å². The predicted molar refractivity (Wildman–Crippen MR) is 94.7 cm³/mol. The van der Waals surface area contributed by atoms with Crippen molar-refractivity contribution in [1.29, 1.82) is 0 Å².